The van der Waals surface area contributed by atoms with Gasteiger partial charge in [-0.3, -0.25) is 14.3 Å². The molecule has 23 heavy (non-hydrogen) atoms. The Morgan fingerprint density at radius 3 is 2.65 bits per heavy atom. The van der Waals surface area contributed by atoms with E-state index in [1.165, 1.54) is 0 Å². The van der Waals surface area contributed by atoms with Crippen molar-refractivity contribution in [3.05, 3.63) is 48.8 Å². The van der Waals surface area contributed by atoms with Crippen LogP contribution in [0.15, 0.2) is 48.8 Å². The molecule has 8 heteroatoms. The maximum Gasteiger partial charge on any atom is 0.259 e. The summed E-state index contributed by atoms with van der Waals surface area (Å²) in [5.41, 5.74) is 1.21. The molecular formula is C15H13N3O4S. The van der Waals surface area contributed by atoms with Crippen molar-refractivity contribution in [2.45, 2.75) is 0 Å². The van der Waals surface area contributed by atoms with Crippen LogP contribution < -0.4 is 14.2 Å². The van der Waals surface area contributed by atoms with Gasteiger partial charge in [0.25, 0.3) is 11.3 Å². The van der Waals surface area contributed by atoms with Gasteiger partial charge in [-0.25, -0.2) is 9.19 Å². The van der Waals surface area contributed by atoms with Crippen molar-refractivity contribution >= 4 is 27.9 Å². The molecule has 0 bridgehead atoms. The third kappa shape index (κ3) is 3.55. The van der Waals surface area contributed by atoms with Gasteiger partial charge in [0.2, 0.25) is 5.88 Å². The van der Waals surface area contributed by atoms with Gasteiger partial charge in [-0.15, -0.1) is 0 Å². The molecule has 0 aliphatic heterocycles. The Balaban J connectivity index is 1.90. The summed E-state index contributed by atoms with van der Waals surface area (Å²) in [5, 5.41) is 0.776. The lowest BCUT2D eigenvalue weighted by molar-refractivity contribution is 0.398. The van der Waals surface area contributed by atoms with Crippen LogP contribution >= 0.6 is 0 Å². The summed E-state index contributed by atoms with van der Waals surface area (Å²) in [7, 11) is 1.54. The number of anilines is 1. The van der Waals surface area contributed by atoms with E-state index in [1.807, 2.05) is 0 Å². The first-order valence-electron chi connectivity index (χ1n) is 6.60. The predicted molar refractivity (Wildman–Crippen MR) is 87.0 cm³/mol. The standard InChI is InChI=1S/C15H13N3O4S/c1-21-15-8-12-13(9-17-15)16-7-6-14(12)22-11-4-2-10(3-5-11)18-23(19)20/h2-9,18H,1H3,(H,19,20). The Bertz CT molecular complexity index is 855. The molecule has 2 aromatic heterocycles. The Kier molecular flexibility index (Phi) is 4.35. The van der Waals surface area contributed by atoms with Gasteiger partial charge < -0.3 is 9.47 Å². The van der Waals surface area contributed by atoms with E-state index in [-0.39, 0.29) is 0 Å². The minimum atomic E-state index is -2.10. The molecule has 3 rings (SSSR count). The zero-order valence-electron chi connectivity index (χ0n) is 12.1. The van der Waals surface area contributed by atoms with Gasteiger partial charge >= 0.3 is 0 Å². The van der Waals surface area contributed by atoms with Crippen molar-refractivity contribution < 1.29 is 18.2 Å². The minimum absolute atomic E-state index is 0.473. The lowest BCUT2D eigenvalue weighted by atomic mass is 10.2. The number of ether oxygens (including phenoxy) is 2. The molecule has 118 valence electrons. The molecule has 0 radical (unpaired) electrons. The highest BCUT2D eigenvalue weighted by Gasteiger charge is 2.07. The zero-order valence-corrected chi connectivity index (χ0v) is 12.9. The first-order chi connectivity index (χ1) is 11.2. The van der Waals surface area contributed by atoms with E-state index in [1.54, 1.807) is 55.9 Å². The second-order valence-electron chi connectivity index (χ2n) is 4.53. The number of nitrogens with zero attached hydrogens (tertiary/aromatic N) is 2. The number of hydrogen-bond donors (Lipinski definition) is 2. The first-order valence-corrected chi connectivity index (χ1v) is 7.70. The van der Waals surface area contributed by atoms with E-state index in [0.29, 0.717) is 28.6 Å². The fourth-order valence-corrected chi connectivity index (χ4v) is 2.36. The molecule has 0 saturated heterocycles. The topological polar surface area (TPSA) is 93.6 Å². The zero-order chi connectivity index (χ0) is 16.2. The van der Waals surface area contributed by atoms with Crippen molar-refractivity contribution in [3.63, 3.8) is 0 Å². The molecule has 0 amide bonds. The summed E-state index contributed by atoms with van der Waals surface area (Å²) in [6, 6.07) is 10.2. The number of benzene rings is 1. The summed E-state index contributed by atoms with van der Waals surface area (Å²) in [4.78, 5) is 8.35. The third-order valence-electron chi connectivity index (χ3n) is 3.06. The summed E-state index contributed by atoms with van der Waals surface area (Å²) in [6.07, 6.45) is 3.25. The van der Waals surface area contributed by atoms with Gasteiger partial charge in [0.15, 0.2) is 0 Å². The maximum atomic E-state index is 10.7. The number of aromatic nitrogens is 2. The van der Waals surface area contributed by atoms with Gasteiger partial charge in [0.1, 0.15) is 11.5 Å². The molecule has 1 atom stereocenters. The lowest BCUT2D eigenvalue weighted by Crippen LogP contribution is -2.01. The second kappa shape index (κ2) is 6.59. The van der Waals surface area contributed by atoms with Crippen LogP contribution in [0.2, 0.25) is 0 Å². The molecule has 2 heterocycles. The molecule has 0 saturated carbocycles. The molecule has 2 N–H and O–H groups in total. The quantitative estimate of drug-likeness (QED) is 0.698. The van der Waals surface area contributed by atoms with E-state index in [0.717, 1.165) is 5.39 Å². The van der Waals surface area contributed by atoms with Gasteiger partial charge in [-0.2, -0.15) is 0 Å². The monoisotopic (exact) mass is 331 g/mol. The fraction of sp³-hybridized carbons (Fsp3) is 0.0667. The average molecular weight is 331 g/mol. The van der Waals surface area contributed by atoms with Gasteiger partial charge in [0, 0.05) is 23.3 Å². The third-order valence-corrected chi connectivity index (χ3v) is 3.47. The van der Waals surface area contributed by atoms with Gasteiger partial charge in [0.05, 0.1) is 18.8 Å². The van der Waals surface area contributed by atoms with Crippen molar-refractivity contribution in [1.82, 2.24) is 9.97 Å². The number of methoxy groups -OCH3 is 1. The molecule has 3 aromatic rings. The number of pyridine rings is 2. The smallest absolute Gasteiger partial charge is 0.259 e. The molecular weight excluding hydrogens is 318 g/mol. The van der Waals surface area contributed by atoms with E-state index < -0.39 is 11.3 Å². The highest BCUT2D eigenvalue weighted by atomic mass is 32.2. The largest absolute Gasteiger partial charge is 0.481 e. The Morgan fingerprint density at radius 2 is 1.96 bits per heavy atom. The summed E-state index contributed by atoms with van der Waals surface area (Å²) in [6.45, 7) is 0. The van der Waals surface area contributed by atoms with Crippen LogP contribution in [0.1, 0.15) is 0 Å². The van der Waals surface area contributed by atoms with E-state index in [4.69, 9.17) is 14.0 Å². The van der Waals surface area contributed by atoms with Crippen LogP contribution in [-0.2, 0) is 11.3 Å². The highest BCUT2D eigenvalue weighted by molar-refractivity contribution is 7.80. The van der Waals surface area contributed by atoms with Crippen molar-refractivity contribution in [1.29, 1.82) is 0 Å². The number of nitrogens with one attached hydrogen (secondary N) is 1. The maximum absolute atomic E-state index is 10.7. The molecule has 0 aliphatic rings. The predicted octanol–water partition coefficient (Wildman–Crippen LogP) is 2.98. The summed E-state index contributed by atoms with van der Waals surface area (Å²) in [5.74, 6) is 1.67. The average Bonchev–Trinajstić information content (AvgIpc) is 2.56. The van der Waals surface area contributed by atoms with Crippen LogP contribution in [0.25, 0.3) is 10.9 Å². The summed E-state index contributed by atoms with van der Waals surface area (Å²) >= 11 is -2.10. The SMILES string of the molecule is COc1cc2c(Oc3ccc(NS(=O)O)cc3)ccnc2cn1. The Labute approximate surface area is 134 Å². The minimum Gasteiger partial charge on any atom is -0.481 e. The number of rotatable bonds is 5. The van der Waals surface area contributed by atoms with Crippen LogP contribution in [0.4, 0.5) is 5.69 Å². The van der Waals surface area contributed by atoms with Crippen LogP contribution in [0, 0.1) is 0 Å². The van der Waals surface area contributed by atoms with Crippen molar-refractivity contribution in [2.75, 3.05) is 11.8 Å². The first kappa shape index (κ1) is 15.2. The van der Waals surface area contributed by atoms with Crippen LogP contribution in [0.5, 0.6) is 17.4 Å². The number of fused-ring (bicyclic) bond motifs is 1. The number of hydrogen-bond acceptors (Lipinski definition) is 5. The Morgan fingerprint density at radius 1 is 1.17 bits per heavy atom. The van der Waals surface area contributed by atoms with Gasteiger partial charge in [-0.1, -0.05) is 0 Å². The molecule has 0 fully saturated rings. The Hall–Kier alpha value is -2.71. The van der Waals surface area contributed by atoms with Gasteiger partial charge in [-0.05, 0) is 30.3 Å². The molecule has 0 aliphatic carbocycles. The fourth-order valence-electron chi connectivity index (χ4n) is 2.02. The van der Waals surface area contributed by atoms with E-state index >= 15 is 0 Å². The summed E-state index contributed by atoms with van der Waals surface area (Å²) < 4.78 is 32.8. The molecule has 0 spiro atoms. The van der Waals surface area contributed by atoms with Crippen LogP contribution in [0.3, 0.4) is 0 Å². The highest BCUT2D eigenvalue weighted by Crippen LogP contribution is 2.30. The molecule has 1 aromatic carbocycles. The molecule has 1 unspecified atom stereocenters. The van der Waals surface area contributed by atoms with Crippen molar-refractivity contribution in [2.24, 2.45) is 0 Å². The van der Waals surface area contributed by atoms with Crippen LogP contribution in [-0.4, -0.2) is 25.8 Å². The van der Waals surface area contributed by atoms with E-state index in [2.05, 4.69) is 14.7 Å². The normalized spacial score (nSPS) is 11.9. The van der Waals surface area contributed by atoms with E-state index in [9.17, 15) is 4.21 Å². The molecule has 7 nitrogen and oxygen atoms in total. The lowest BCUT2D eigenvalue weighted by Gasteiger charge is -2.10. The van der Waals surface area contributed by atoms with Crippen molar-refractivity contribution in [3.8, 4) is 17.4 Å². The second-order valence-corrected chi connectivity index (χ2v) is 5.23.